The van der Waals surface area contributed by atoms with Crippen LogP contribution in [0, 0.1) is 6.92 Å². The minimum absolute atomic E-state index is 0.0365. The zero-order valence-corrected chi connectivity index (χ0v) is 12.1. The van der Waals surface area contributed by atoms with Crippen molar-refractivity contribution in [2.45, 2.75) is 19.8 Å². The van der Waals surface area contributed by atoms with E-state index in [0.29, 0.717) is 11.5 Å². The Bertz CT molecular complexity index is 648. The van der Waals surface area contributed by atoms with Crippen LogP contribution < -0.4 is 0 Å². The molecule has 1 fully saturated rings. The molecule has 4 nitrogen and oxygen atoms in total. The quantitative estimate of drug-likeness (QED) is 0.849. The average molecular weight is 282 g/mol. The van der Waals surface area contributed by atoms with Crippen molar-refractivity contribution in [2.75, 3.05) is 13.1 Å². The second-order valence-corrected chi connectivity index (χ2v) is 5.33. The van der Waals surface area contributed by atoms with Gasteiger partial charge in [0.25, 0.3) is 5.91 Å². The highest BCUT2D eigenvalue weighted by Gasteiger charge is 2.22. The number of hydrogen-bond donors (Lipinski definition) is 0. The molecule has 0 N–H and O–H groups in total. The zero-order chi connectivity index (χ0) is 14.7. The first-order valence-corrected chi connectivity index (χ1v) is 7.19. The summed E-state index contributed by atoms with van der Waals surface area (Å²) in [6.45, 7) is 3.27. The van der Waals surface area contributed by atoms with Crippen molar-refractivity contribution in [2.24, 2.45) is 0 Å². The van der Waals surface area contributed by atoms with Crippen LogP contribution in [0.4, 0.5) is 0 Å². The van der Waals surface area contributed by atoms with Gasteiger partial charge in [-0.15, -0.1) is 0 Å². The summed E-state index contributed by atoms with van der Waals surface area (Å²) in [5.74, 6) is 0.630. The minimum atomic E-state index is -0.0365. The molecule has 4 heteroatoms. The Morgan fingerprint density at radius 2 is 1.95 bits per heavy atom. The summed E-state index contributed by atoms with van der Waals surface area (Å²) >= 11 is 0. The molecule has 1 amide bonds. The van der Waals surface area contributed by atoms with Crippen molar-refractivity contribution in [3.05, 3.63) is 59.0 Å². The third-order valence-corrected chi connectivity index (χ3v) is 3.71. The fourth-order valence-electron chi connectivity index (χ4n) is 2.56. The molecule has 0 bridgehead atoms. The highest BCUT2D eigenvalue weighted by molar-refractivity contribution is 5.92. The smallest absolute Gasteiger partial charge is 0.276 e. The Morgan fingerprint density at radius 3 is 2.57 bits per heavy atom. The molecular weight excluding hydrogens is 264 g/mol. The van der Waals surface area contributed by atoms with Gasteiger partial charge in [0.1, 0.15) is 5.76 Å². The predicted molar refractivity (Wildman–Crippen MR) is 80.8 cm³/mol. The van der Waals surface area contributed by atoms with Gasteiger partial charge in [-0.3, -0.25) is 4.79 Å². The second-order valence-electron chi connectivity index (χ2n) is 5.33. The van der Waals surface area contributed by atoms with Crippen LogP contribution in [0.15, 0.2) is 46.5 Å². The highest BCUT2D eigenvalue weighted by atomic mass is 16.5. The van der Waals surface area contributed by atoms with Gasteiger partial charge >= 0.3 is 0 Å². The van der Waals surface area contributed by atoms with Gasteiger partial charge in [-0.05, 0) is 25.3 Å². The topological polar surface area (TPSA) is 46.3 Å². The van der Waals surface area contributed by atoms with Crippen LogP contribution in [-0.4, -0.2) is 29.1 Å². The van der Waals surface area contributed by atoms with Crippen molar-refractivity contribution in [1.82, 2.24) is 10.1 Å². The average Bonchev–Trinajstić information content (AvgIpc) is 2.95. The molecule has 0 radical (unpaired) electrons. The zero-order valence-electron chi connectivity index (χ0n) is 12.1. The molecule has 0 aliphatic carbocycles. The van der Waals surface area contributed by atoms with E-state index in [0.717, 1.165) is 25.9 Å². The van der Waals surface area contributed by atoms with Crippen LogP contribution >= 0.6 is 0 Å². The Kier molecular flexibility index (Phi) is 3.86. The summed E-state index contributed by atoms with van der Waals surface area (Å²) in [5.41, 5.74) is 3.02. The molecule has 2 heterocycles. The molecule has 1 aromatic carbocycles. The van der Waals surface area contributed by atoms with Crippen LogP contribution in [0.3, 0.4) is 0 Å². The number of carbonyl (C=O) groups is 1. The molecule has 0 atom stereocenters. The number of carbonyl (C=O) groups excluding carboxylic acids is 1. The fraction of sp³-hybridized carbons (Fsp3) is 0.294. The van der Waals surface area contributed by atoms with Gasteiger partial charge in [0, 0.05) is 19.2 Å². The summed E-state index contributed by atoms with van der Waals surface area (Å²) in [6, 6.07) is 12.0. The summed E-state index contributed by atoms with van der Waals surface area (Å²) in [6.07, 6.45) is 4.05. The Labute approximate surface area is 124 Å². The van der Waals surface area contributed by atoms with Crippen molar-refractivity contribution < 1.29 is 9.32 Å². The third kappa shape index (κ3) is 3.21. The lowest BCUT2D eigenvalue weighted by Crippen LogP contribution is -2.36. The third-order valence-electron chi connectivity index (χ3n) is 3.71. The first-order valence-electron chi connectivity index (χ1n) is 7.19. The maximum absolute atomic E-state index is 12.3. The lowest BCUT2D eigenvalue weighted by atomic mass is 10.0. The van der Waals surface area contributed by atoms with Crippen molar-refractivity contribution in [3.63, 3.8) is 0 Å². The van der Waals surface area contributed by atoms with Crippen LogP contribution in [0.1, 0.15) is 34.7 Å². The van der Waals surface area contributed by atoms with Crippen molar-refractivity contribution in [3.8, 4) is 0 Å². The van der Waals surface area contributed by atoms with Crippen molar-refractivity contribution >= 4 is 12.0 Å². The van der Waals surface area contributed by atoms with E-state index in [9.17, 15) is 4.79 Å². The van der Waals surface area contributed by atoms with Gasteiger partial charge in [-0.1, -0.05) is 47.1 Å². The molecule has 1 saturated heterocycles. The van der Waals surface area contributed by atoms with E-state index in [2.05, 4.69) is 23.4 Å². The Hall–Kier alpha value is -2.36. The maximum atomic E-state index is 12.3. The van der Waals surface area contributed by atoms with Crippen LogP contribution in [-0.2, 0) is 0 Å². The number of rotatable bonds is 2. The number of benzene rings is 1. The lowest BCUT2D eigenvalue weighted by Gasteiger charge is -2.27. The van der Waals surface area contributed by atoms with Gasteiger partial charge in [0.15, 0.2) is 5.69 Å². The van der Waals surface area contributed by atoms with Gasteiger partial charge in [-0.2, -0.15) is 0 Å². The molecule has 1 aromatic heterocycles. The minimum Gasteiger partial charge on any atom is -0.361 e. The van der Waals surface area contributed by atoms with Gasteiger partial charge < -0.3 is 9.42 Å². The first-order chi connectivity index (χ1) is 10.2. The molecule has 2 aromatic rings. The van der Waals surface area contributed by atoms with E-state index in [1.54, 1.807) is 13.0 Å². The van der Waals surface area contributed by atoms with E-state index in [1.165, 1.54) is 11.1 Å². The molecule has 0 unspecified atom stereocenters. The number of nitrogens with zero attached hydrogens (tertiary/aromatic N) is 2. The Balaban J connectivity index is 1.63. The van der Waals surface area contributed by atoms with Gasteiger partial charge in [0.2, 0.25) is 0 Å². The number of likely N-dealkylation sites (tertiary alicyclic amines) is 1. The van der Waals surface area contributed by atoms with E-state index in [1.807, 2.05) is 23.1 Å². The monoisotopic (exact) mass is 282 g/mol. The van der Waals surface area contributed by atoms with Crippen molar-refractivity contribution in [1.29, 1.82) is 0 Å². The highest BCUT2D eigenvalue weighted by Crippen LogP contribution is 2.20. The molecule has 0 saturated carbocycles. The molecule has 1 aliphatic heterocycles. The second kappa shape index (κ2) is 5.95. The fourth-order valence-corrected chi connectivity index (χ4v) is 2.56. The molecule has 3 rings (SSSR count). The number of aryl methyl sites for hydroxylation is 1. The number of piperidine rings is 1. The van der Waals surface area contributed by atoms with E-state index in [-0.39, 0.29) is 5.91 Å². The first kappa shape index (κ1) is 13.6. The van der Waals surface area contributed by atoms with E-state index in [4.69, 9.17) is 4.52 Å². The summed E-state index contributed by atoms with van der Waals surface area (Å²) in [4.78, 5) is 14.1. The van der Waals surface area contributed by atoms with Crippen LogP contribution in [0.2, 0.25) is 0 Å². The number of hydrogen-bond acceptors (Lipinski definition) is 3. The summed E-state index contributed by atoms with van der Waals surface area (Å²) in [7, 11) is 0. The largest absolute Gasteiger partial charge is 0.361 e. The molecule has 21 heavy (non-hydrogen) atoms. The Morgan fingerprint density at radius 1 is 1.24 bits per heavy atom. The van der Waals surface area contributed by atoms with E-state index < -0.39 is 0 Å². The SMILES string of the molecule is Cc1cc(C(=O)N2CCC(=Cc3ccccc3)CC2)no1. The predicted octanol–water partition coefficient (Wildman–Crippen LogP) is 3.30. The van der Waals surface area contributed by atoms with Gasteiger partial charge in [-0.25, -0.2) is 0 Å². The molecule has 0 spiro atoms. The summed E-state index contributed by atoms with van der Waals surface area (Å²) in [5, 5.41) is 3.80. The van der Waals surface area contributed by atoms with Crippen LogP contribution in [0.25, 0.3) is 6.08 Å². The van der Waals surface area contributed by atoms with E-state index >= 15 is 0 Å². The molecule has 108 valence electrons. The normalized spacial score (nSPS) is 15.1. The maximum Gasteiger partial charge on any atom is 0.276 e. The lowest BCUT2D eigenvalue weighted by molar-refractivity contribution is 0.0733. The van der Waals surface area contributed by atoms with Gasteiger partial charge in [0.05, 0.1) is 0 Å². The number of amides is 1. The number of aromatic nitrogens is 1. The molecular formula is C17H18N2O2. The van der Waals surface area contributed by atoms with Crippen LogP contribution in [0.5, 0.6) is 0 Å². The standard InChI is InChI=1S/C17H18N2O2/c1-13-11-16(18-21-13)17(20)19-9-7-15(8-10-19)12-14-5-3-2-4-6-14/h2-6,11-12H,7-10H2,1H3. The summed E-state index contributed by atoms with van der Waals surface area (Å²) < 4.78 is 4.97. The molecule has 1 aliphatic rings.